The van der Waals surface area contributed by atoms with Crippen LogP contribution in [0, 0.1) is 5.41 Å². The van der Waals surface area contributed by atoms with Crippen LogP contribution < -0.4 is 0 Å². The number of piperidine rings is 2. The average Bonchev–Trinajstić information content (AvgIpc) is 2.52. The van der Waals surface area contributed by atoms with Gasteiger partial charge < -0.3 is 14.5 Å². The van der Waals surface area contributed by atoms with Crippen LogP contribution in [0.15, 0.2) is 23.3 Å². The number of likely N-dealkylation sites (tertiary alicyclic amines) is 2. The van der Waals surface area contributed by atoms with E-state index in [0.717, 1.165) is 32.2 Å². The second kappa shape index (κ2) is 6.68. The zero-order chi connectivity index (χ0) is 20.0. The van der Waals surface area contributed by atoms with Crippen molar-refractivity contribution >= 4 is 12.0 Å². The highest BCUT2D eigenvalue weighted by Crippen LogP contribution is 2.54. The monoisotopic (exact) mass is 374 g/mol. The van der Waals surface area contributed by atoms with E-state index in [2.05, 4.69) is 30.9 Å². The molecule has 27 heavy (non-hydrogen) atoms. The van der Waals surface area contributed by atoms with Crippen LogP contribution in [0.4, 0.5) is 4.79 Å². The van der Waals surface area contributed by atoms with Crippen molar-refractivity contribution < 1.29 is 14.3 Å². The molecular formula is C22H34N2O3. The van der Waals surface area contributed by atoms with Gasteiger partial charge in [-0.1, -0.05) is 17.7 Å². The lowest BCUT2D eigenvalue weighted by atomic mass is 9.58. The number of allylic oxidation sites excluding steroid dienone is 2. The number of carbonyl (C=O) groups is 2. The van der Waals surface area contributed by atoms with Crippen molar-refractivity contribution in [3.8, 4) is 0 Å². The van der Waals surface area contributed by atoms with E-state index in [0.29, 0.717) is 13.1 Å². The van der Waals surface area contributed by atoms with Crippen molar-refractivity contribution in [3.63, 3.8) is 0 Å². The molecule has 2 amide bonds. The maximum atomic E-state index is 12.4. The van der Waals surface area contributed by atoms with Crippen molar-refractivity contribution in [2.24, 2.45) is 5.41 Å². The van der Waals surface area contributed by atoms with E-state index in [1.165, 1.54) is 11.1 Å². The number of carbonyl (C=O) groups excluding carboxylic acids is 2. The van der Waals surface area contributed by atoms with Crippen molar-refractivity contribution in [3.05, 3.63) is 23.3 Å². The molecule has 2 saturated heterocycles. The van der Waals surface area contributed by atoms with Gasteiger partial charge in [0.2, 0.25) is 5.91 Å². The predicted octanol–water partition coefficient (Wildman–Crippen LogP) is 4.29. The van der Waals surface area contributed by atoms with Crippen LogP contribution in [0.2, 0.25) is 0 Å². The number of rotatable bonds is 0. The first-order valence-electron chi connectivity index (χ1n) is 10.1. The molecule has 1 spiro atoms. The fraction of sp³-hybridized carbons (Fsp3) is 0.727. The molecule has 5 heteroatoms. The third kappa shape index (κ3) is 3.65. The summed E-state index contributed by atoms with van der Waals surface area (Å²) >= 11 is 0. The molecule has 0 aromatic heterocycles. The number of nitrogens with zero attached hydrogens (tertiary/aromatic N) is 2. The van der Waals surface area contributed by atoms with Crippen LogP contribution >= 0.6 is 0 Å². The van der Waals surface area contributed by atoms with Gasteiger partial charge in [-0.25, -0.2) is 4.79 Å². The van der Waals surface area contributed by atoms with Gasteiger partial charge in [-0.2, -0.15) is 0 Å². The zero-order valence-electron chi connectivity index (χ0n) is 17.7. The van der Waals surface area contributed by atoms with Gasteiger partial charge in [0.1, 0.15) is 5.60 Å². The van der Waals surface area contributed by atoms with E-state index in [9.17, 15) is 9.59 Å². The molecule has 3 rings (SSSR count). The first-order chi connectivity index (χ1) is 12.5. The van der Waals surface area contributed by atoms with Gasteiger partial charge in [-0.15, -0.1) is 0 Å². The number of fused-ring (bicyclic) bond motifs is 2. The minimum atomic E-state index is -0.466. The maximum absolute atomic E-state index is 12.4. The Morgan fingerprint density at radius 3 is 2.22 bits per heavy atom. The van der Waals surface area contributed by atoms with Crippen molar-refractivity contribution in [1.29, 1.82) is 0 Å². The maximum Gasteiger partial charge on any atom is 0.410 e. The Morgan fingerprint density at radius 1 is 1.07 bits per heavy atom. The summed E-state index contributed by atoms with van der Waals surface area (Å²) in [5, 5.41) is 0. The number of hydrogen-bond acceptors (Lipinski definition) is 3. The van der Waals surface area contributed by atoms with Crippen LogP contribution in [-0.2, 0) is 9.53 Å². The van der Waals surface area contributed by atoms with E-state index in [-0.39, 0.29) is 23.0 Å². The van der Waals surface area contributed by atoms with E-state index >= 15 is 0 Å². The molecule has 1 unspecified atom stereocenters. The second-order valence-corrected chi connectivity index (χ2v) is 9.71. The number of amides is 2. The van der Waals surface area contributed by atoms with Gasteiger partial charge >= 0.3 is 6.09 Å². The average molecular weight is 375 g/mol. The van der Waals surface area contributed by atoms with Gasteiger partial charge in [0, 0.05) is 26.6 Å². The SMILES string of the molecule is CC(=O)N1CCC2(CCN(C(=O)OC(C)(C)C)CC2)C2=CC=C(C)CC21C. The summed E-state index contributed by atoms with van der Waals surface area (Å²) in [7, 11) is 0. The van der Waals surface area contributed by atoms with Crippen LogP contribution in [0.3, 0.4) is 0 Å². The summed E-state index contributed by atoms with van der Waals surface area (Å²) < 4.78 is 5.55. The number of hydrogen-bond donors (Lipinski definition) is 0. The van der Waals surface area contributed by atoms with E-state index < -0.39 is 5.60 Å². The third-order valence-electron chi connectivity index (χ3n) is 6.47. The predicted molar refractivity (Wildman–Crippen MR) is 106 cm³/mol. The minimum Gasteiger partial charge on any atom is -0.444 e. The molecule has 0 N–H and O–H groups in total. The lowest BCUT2D eigenvalue weighted by Crippen LogP contribution is -2.61. The van der Waals surface area contributed by atoms with E-state index in [1.54, 1.807) is 6.92 Å². The third-order valence-corrected chi connectivity index (χ3v) is 6.47. The molecule has 1 atom stereocenters. The molecule has 0 aromatic carbocycles. The van der Waals surface area contributed by atoms with Crippen molar-refractivity contribution in [2.45, 2.75) is 78.4 Å². The van der Waals surface area contributed by atoms with Crippen molar-refractivity contribution in [2.75, 3.05) is 19.6 Å². The first kappa shape index (κ1) is 20.0. The normalized spacial score (nSPS) is 27.6. The fourth-order valence-electron chi connectivity index (χ4n) is 5.27. The molecule has 0 bridgehead atoms. The van der Waals surface area contributed by atoms with Gasteiger partial charge in [-0.05, 0) is 71.3 Å². The molecule has 5 nitrogen and oxygen atoms in total. The van der Waals surface area contributed by atoms with Gasteiger partial charge in [0.25, 0.3) is 0 Å². The molecule has 0 saturated carbocycles. The standard InChI is InChI=1S/C22H34N2O3/c1-16-7-8-18-21(6,15-16)24(17(2)25)14-11-22(18)9-12-23(13-10-22)19(26)27-20(3,4)5/h7-8H,9-15H2,1-6H3. The Hall–Kier alpha value is -1.78. The van der Waals surface area contributed by atoms with Crippen molar-refractivity contribution in [1.82, 2.24) is 9.80 Å². The summed E-state index contributed by atoms with van der Waals surface area (Å²) in [4.78, 5) is 28.7. The van der Waals surface area contributed by atoms with Crippen LogP contribution in [-0.4, -0.2) is 52.6 Å². The van der Waals surface area contributed by atoms with Gasteiger partial charge in [0.05, 0.1) is 5.54 Å². The largest absolute Gasteiger partial charge is 0.444 e. The first-order valence-corrected chi connectivity index (χ1v) is 10.1. The molecule has 2 heterocycles. The highest BCUT2D eigenvalue weighted by molar-refractivity contribution is 5.76. The molecule has 2 fully saturated rings. The summed E-state index contributed by atoms with van der Waals surface area (Å²) in [5.74, 6) is 0.152. The molecule has 1 aliphatic carbocycles. The Morgan fingerprint density at radius 2 is 1.67 bits per heavy atom. The molecule has 3 aliphatic rings. The molecular weight excluding hydrogens is 340 g/mol. The Labute approximate surface area is 163 Å². The summed E-state index contributed by atoms with van der Waals surface area (Å²) in [6.45, 7) is 14.0. The number of ether oxygens (including phenoxy) is 1. The van der Waals surface area contributed by atoms with Gasteiger partial charge in [0.15, 0.2) is 0 Å². The smallest absolute Gasteiger partial charge is 0.410 e. The van der Waals surface area contributed by atoms with Crippen LogP contribution in [0.1, 0.15) is 67.2 Å². The highest BCUT2D eigenvalue weighted by Gasteiger charge is 2.53. The van der Waals surface area contributed by atoms with E-state index in [1.807, 2.05) is 25.7 Å². The lowest BCUT2D eigenvalue weighted by Gasteiger charge is -2.58. The van der Waals surface area contributed by atoms with E-state index in [4.69, 9.17) is 4.74 Å². The van der Waals surface area contributed by atoms with Crippen LogP contribution in [0.25, 0.3) is 0 Å². The quantitative estimate of drug-likeness (QED) is 0.635. The molecule has 0 aromatic rings. The summed E-state index contributed by atoms with van der Waals surface area (Å²) in [6, 6.07) is 0. The Balaban J connectivity index is 1.82. The Kier molecular flexibility index (Phi) is 4.94. The van der Waals surface area contributed by atoms with Gasteiger partial charge in [-0.3, -0.25) is 4.79 Å². The molecule has 0 radical (unpaired) electrons. The Bertz CT molecular complexity index is 693. The zero-order valence-corrected chi connectivity index (χ0v) is 17.7. The highest BCUT2D eigenvalue weighted by atomic mass is 16.6. The summed E-state index contributed by atoms with van der Waals surface area (Å²) in [5.41, 5.74) is 2.07. The summed E-state index contributed by atoms with van der Waals surface area (Å²) in [6.07, 6.45) is 8.01. The fourth-order valence-corrected chi connectivity index (χ4v) is 5.27. The molecule has 150 valence electrons. The topological polar surface area (TPSA) is 49.9 Å². The second-order valence-electron chi connectivity index (χ2n) is 9.71. The molecule has 2 aliphatic heterocycles. The lowest BCUT2D eigenvalue weighted by molar-refractivity contribution is -0.137. The van der Waals surface area contributed by atoms with Crippen LogP contribution in [0.5, 0.6) is 0 Å². The minimum absolute atomic E-state index is 0.0798.